The highest BCUT2D eigenvalue weighted by atomic mass is 32.2. The van der Waals surface area contributed by atoms with Crippen molar-refractivity contribution in [3.63, 3.8) is 0 Å². The van der Waals surface area contributed by atoms with E-state index >= 15 is 0 Å². The van der Waals surface area contributed by atoms with E-state index in [1.54, 1.807) is 6.07 Å². The zero-order valence-electron chi connectivity index (χ0n) is 9.17. The van der Waals surface area contributed by atoms with E-state index in [0.717, 1.165) is 0 Å². The third-order valence-electron chi connectivity index (χ3n) is 2.20. The van der Waals surface area contributed by atoms with Crippen molar-refractivity contribution in [2.75, 3.05) is 5.32 Å². The second-order valence-electron chi connectivity index (χ2n) is 3.50. The molecule has 2 rings (SSSR count). The second-order valence-corrected chi connectivity index (χ2v) is 5.03. The van der Waals surface area contributed by atoms with Crippen molar-refractivity contribution >= 4 is 21.5 Å². The van der Waals surface area contributed by atoms with Crippen molar-refractivity contribution in [3.8, 4) is 0 Å². The van der Waals surface area contributed by atoms with E-state index < -0.39 is 15.8 Å². The Labute approximate surface area is 104 Å². The Morgan fingerprint density at radius 3 is 2.56 bits per heavy atom. The molecule has 0 fully saturated rings. The Bertz CT molecular complexity index is 673. The van der Waals surface area contributed by atoms with Crippen LogP contribution in [-0.4, -0.2) is 13.4 Å². The van der Waals surface area contributed by atoms with Gasteiger partial charge in [-0.05, 0) is 24.3 Å². The van der Waals surface area contributed by atoms with E-state index in [2.05, 4.69) is 10.3 Å². The van der Waals surface area contributed by atoms with Crippen molar-refractivity contribution in [2.45, 2.75) is 4.90 Å². The number of primary sulfonamides is 1. The predicted molar refractivity (Wildman–Crippen MR) is 65.3 cm³/mol. The van der Waals surface area contributed by atoms with Gasteiger partial charge in [0.25, 0.3) is 0 Å². The highest BCUT2D eigenvalue weighted by Crippen LogP contribution is 2.22. The van der Waals surface area contributed by atoms with Gasteiger partial charge in [-0.1, -0.05) is 12.1 Å². The Morgan fingerprint density at radius 2 is 1.89 bits per heavy atom. The summed E-state index contributed by atoms with van der Waals surface area (Å²) < 4.78 is 36.1. The van der Waals surface area contributed by atoms with Gasteiger partial charge >= 0.3 is 0 Å². The molecule has 0 aliphatic carbocycles. The molecule has 1 aromatic carbocycles. The minimum Gasteiger partial charge on any atom is -0.337 e. The van der Waals surface area contributed by atoms with Crippen LogP contribution in [0.2, 0.25) is 0 Å². The molecule has 1 aromatic heterocycles. The smallest absolute Gasteiger partial charge is 0.241 e. The Kier molecular flexibility index (Phi) is 3.26. The zero-order valence-corrected chi connectivity index (χ0v) is 9.99. The number of hydrogen-bond acceptors (Lipinski definition) is 4. The molecule has 0 atom stereocenters. The fraction of sp³-hybridized carbons (Fsp3) is 0. The first-order valence-corrected chi connectivity index (χ1v) is 6.52. The standard InChI is InChI=1S/C11H10FN3O2S/c12-8-4-1-2-5-9(8)15-11-10(18(13,16)17)6-3-7-14-11/h1-7H,(H,14,15)(H2,13,16,17). The number of nitrogens with one attached hydrogen (secondary N) is 1. The van der Waals surface area contributed by atoms with Crippen LogP contribution in [0.15, 0.2) is 47.5 Å². The van der Waals surface area contributed by atoms with Gasteiger partial charge in [0.1, 0.15) is 10.7 Å². The van der Waals surface area contributed by atoms with Gasteiger partial charge < -0.3 is 5.32 Å². The van der Waals surface area contributed by atoms with Crippen LogP contribution in [0, 0.1) is 5.82 Å². The molecule has 7 heteroatoms. The van der Waals surface area contributed by atoms with Crippen LogP contribution >= 0.6 is 0 Å². The average Bonchev–Trinajstić information content (AvgIpc) is 2.31. The minimum absolute atomic E-state index is 0.00917. The topological polar surface area (TPSA) is 85.1 Å². The maximum atomic E-state index is 13.4. The summed E-state index contributed by atoms with van der Waals surface area (Å²) in [6.45, 7) is 0. The number of halogens is 1. The SMILES string of the molecule is NS(=O)(=O)c1cccnc1Nc1ccccc1F. The van der Waals surface area contributed by atoms with Crippen LogP contribution in [0.4, 0.5) is 15.9 Å². The van der Waals surface area contributed by atoms with Gasteiger partial charge in [-0.2, -0.15) is 0 Å². The van der Waals surface area contributed by atoms with E-state index in [9.17, 15) is 12.8 Å². The van der Waals surface area contributed by atoms with Crippen LogP contribution in [-0.2, 0) is 10.0 Å². The van der Waals surface area contributed by atoms with Crippen molar-refractivity contribution in [1.29, 1.82) is 0 Å². The summed E-state index contributed by atoms with van der Waals surface area (Å²) in [4.78, 5) is 3.66. The third kappa shape index (κ3) is 2.63. The summed E-state index contributed by atoms with van der Waals surface area (Å²) in [7, 11) is -3.91. The minimum atomic E-state index is -3.91. The molecule has 0 spiro atoms. The third-order valence-corrected chi connectivity index (χ3v) is 3.15. The fourth-order valence-electron chi connectivity index (χ4n) is 1.40. The monoisotopic (exact) mass is 267 g/mol. The van der Waals surface area contributed by atoms with Gasteiger partial charge in [0.05, 0.1) is 5.69 Å². The second kappa shape index (κ2) is 4.71. The Balaban J connectivity index is 2.45. The van der Waals surface area contributed by atoms with Gasteiger partial charge in [0.15, 0.2) is 5.82 Å². The van der Waals surface area contributed by atoms with Gasteiger partial charge in [0.2, 0.25) is 10.0 Å². The first-order valence-electron chi connectivity index (χ1n) is 4.98. The number of sulfonamides is 1. The van der Waals surface area contributed by atoms with Crippen molar-refractivity contribution in [3.05, 3.63) is 48.4 Å². The molecule has 5 nitrogen and oxygen atoms in total. The molecule has 0 amide bonds. The number of benzene rings is 1. The number of nitrogens with zero attached hydrogens (tertiary/aromatic N) is 1. The highest BCUT2D eigenvalue weighted by molar-refractivity contribution is 7.89. The van der Waals surface area contributed by atoms with Crippen LogP contribution in [0.3, 0.4) is 0 Å². The molecule has 0 unspecified atom stereocenters. The number of aromatic nitrogens is 1. The number of hydrogen-bond donors (Lipinski definition) is 2. The molecular weight excluding hydrogens is 257 g/mol. The maximum absolute atomic E-state index is 13.4. The van der Waals surface area contributed by atoms with Gasteiger partial charge in [-0.25, -0.2) is 22.9 Å². The molecule has 0 radical (unpaired) electrons. The summed E-state index contributed by atoms with van der Waals surface area (Å²) in [6, 6.07) is 8.60. The van der Waals surface area contributed by atoms with E-state index in [-0.39, 0.29) is 16.4 Å². The normalized spacial score (nSPS) is 11.2. The molecule has 3 N–H and O–H groups in total. The van der Waals surface area contributed by atoms with E-state index in [1.807, 2.05) is 0 Å². The Hall–Kier alpha value is -1.99. The quantitative estimate of drug-likeness (QED) is 0.884. The van der Waals surface area contributed by atoms with Gasteiger partial charge in [0, 0.05) is 6.20 Å². The van der Waals surface area contributed by atoms with Gasteiger partial charge in [-0.3, -0.25) is 0 Å². The summed E-state index contributed by atoms with van der Waals surface area (Å²) >= 11 is 0. The molecule has 94 valence electrons. The van der Waals surface area contributed by atoms with Crippen molar-refractivity contribution in [2.24, 2.45) is 5.14 Å². The number of para-hydroxylation sites is 1. The van der Waals surface area contributed by atoms with Crippen LogP contribution in [0.25, 0.3) is 0 Å². The molecule has 0 saturated heterocycles. The molecule has 18 heavy (non-hydrogen) atoms. The maximum Gasteiger partial charge on any atom is 0.241 e. The molecule has 0 aliphatic rings. The number of rotatable bonds is 3. The number of pyridine rings is 1. The first-order chi connectivity index (χ1) is 8.48. The molecule has 1 heterocycles. The molecular formula is C11H10FN3O2S. The van der Waals surface area contributed by atoms with E-state index in [4.69, 9.17) is 5.14 Å². The lowest BCUT2D eigenvalue weighted by Crippen LogP contribution is -2.15. The molecule has 0 aliphatic heterocycles. The average molecular weight is 267 g/mol. The summed E-state index contributed by atoms with van der Waals surface area (Å²) in [5.74, 6) is -0.520. The summed E-state index contributed by atoms with van der Waals surface area (Å²) in [5, 5.41) is 7.65. The van der Waals surface area contributed by atoms with Gasteiger partial charge in [-0.15, -0.1) is 0 Å². The van der Waals surface area contributed by atoms with Crippen molar-refractivity contribution in [1.82, 2.24) is 4.98 Å². The molecule has 0 saturated carbocycles. The lowest BCUT2D eigenvalue weighted by atomic mass is 10.3. The molecule has 0 bridgehead atoms. The van der Waals surface area contributed by atoms with Crippen LogP contribution in [0.5, 0.6) is 0 Å². The van der Waals surface area contributed by atoms with Crippen LogP contribution < -0.4 is 10.5 Å². The fourth-order valence-corrected chi connectivity index (χ4v) is 2.05. The first kappa shape index (κ1) is 12.5. The van der Waals surface area contributed by atoms with E-state index in [0.29, 0.717) is 0 Å². The number of nitrogens with two attached hydrogens (primary N) is 1. The van der Waals surface area contributed by atoms with Crippen molar-refractivity contribution < 1.29 is 12.8 Å². The van der Waals surface area contributed by atoms with Crippen LogP contribution in [0.1, 0.15) is 0 Å². The Morgan fingerprint density at radius 1 is 1.17 bits per heavy atom. The number of anilines is 2. The van der Waals surface area contributed by atoms with E-state index in [1.165, 1.54) is 36.5 Å². The zero-order chi connectivity index (χ0) is 13.2. The lowest BCUT2D eigenvalue weighted by molar-refractivity contribution is 0.597. The largest absolute Gasteiger partial charge is 0.337 e. The summed E-state index contributed by atoms with van der Waals surface area (Å²) in [6.07, 6.45) is 1.39. The lowest BCUT2D eigenvalue weighted by Gasteiger charge is -2.09. The summed E-state index contributed by atoms with van der Waals surface area (Å²) in [5.41, 5.74) is 0.126. The molecule has 2 aromatic rings. The highest BCUT2D eigenvalue weighted by Gasteiger charge is 2.15. The predicted octanol–water partition coefficient (Wildman–Crippen LogP) is 1.61.